The fourth-order valence-corrected chi connectivity index (χ4v) is 2.75. The minimum Gasteiger partial charge on any atom is -0.481 e. The molecule has 3 heteroatoms. The lowest BCUT2D eigenvalue weighted by atomic mass is 9.89. The lowest BCUT2D eigenvalue weighted by Crippen LogP contribution is -2.41. The largest absolute Gasteiger partial charge is 0.481 e. The van der Waals surface area contributed by atoms with Gasteiger partial charge in [-0.2, -0.15) is 0 Å². The molecule has 1 aromatic rings. The third-order valence-electron chi connectivity index (χ3n) is 4.23. The molecule has 0 radical (unpaired) electrons. The van der Waals surface area contributed by atoms with E-state index in [-0.39, 0.29) is 0 Å². The van der Waals surface area contributed by atoms with Gasteiger partial charge in [0.2, 0.25) is 0 Å². The molecule has 3 aliphatic heterocycles. The first-order valence-electron chi connectivity index (χ1n) is 7.17. The van der Waals surface area contributed by atoms with Gasteiger partial charge in [0.25, 0.3) is 0 Å². The molecule has 0 aromatic heterocycles. The lowest BCUT2D eigenvalue weighted by molar-refractivity contribution is -0.138. The molecule has 4 rings (SSSR count). The molecule has 2 bridgehead atoms. The highest BCUT2D eigenvalue weighted by atomic mass is 16.4. The van der Waals surface area contributed by atoms with Crippen molar-refractivity contribution >= 4 is 5.97 Å². The molecule has 19 heavy (non-hydrogen) atoms. The first-order valence-corrected chi connectivity index (χ1v) is 7.17. The predicted molar refractivity (Wildman–Crippen MR) is 76.3 cm³/mol. The summed E-state index contributed by atoms with van der Waals surface area (Å²) in [5.74, 6) is -0.0765. The van der Waals surface area contributed by atoms with E-state index in [2.05, 4.69) is 4.90 Å². The maximum atomic E-state index is 10.5. The molecule has 3 fully saturated rings. The number of carbonyl (C=O) groups is 1. The second-order valence-corrected chi connectivity index (χ2v) is 5.54. The Balaban J connectivity index is 0.000000146. The number of carboxylic acids is 1. The third-order valence-corrected chi connectivity index (χ3v) is 4.23. The normalized spacial score (nSPS) is 26.2. The number of nitrogens with zero attached hydrogens (tertiary/aromatic N) is 1. The van der Waals surface area contributed by atoms with Crippen molar-refractivity contribution in [2.45, 2.75) is 32.1 Å². The summed E-state index contributed by atoms with van der Waals surface area (Å²) < 4.78 is 0. The van der Waals surface area contributed by atoms with Crippen molar-refractivity contribution in [3.05, 3.63) is 35.9 Å². The molecule has 1 atom stereocenters. The number of fused-ring (bicyclic) bond motifs is 3. The highest BCUT2D eigenvalue weighted by molar-refractivity contribution is 5.75. The Morgan fingerprint density at radius 2 is 1.68 bits per heavy atom. The number of piperidine rings is 3. The Labute approximate surface area is 115 Å². The van der Waals surface area contributed by atoms with Crippen LogP contribution in [-0.4, -0.2) is 35.6 Å². The summed E-state index contributed by atoms with van der Waals surface area (Å²) in [6, 6.07) is 9.19. The van der Waals surface area contributed by atoms with Gasteiger partial charge in [0.15, 0.2) is 0 Å². The molecule has 0 spiro atoms. The van der Waals surface area contributed by atoms with Crippen LogP contribution in [0.15, 0.2) is 30.3 Å². The van der Waals surface area contributed by atoms with Crippen LogP contribution in [0.3, 0.4) is 0 Å². The van der Waals surface area contributed by atoms with E-state index in [9.17, 15) is 4.79 Å². The van der Waals surface area contributed by atoms with Gasteiger partial charge in [0, 0.05) is 0 Å². The van der Waals surface area contributed by atoms with Crippen molar-refractivity contribution in [3.8, 4) is 0 Å². The minimum atomic E-state index is -0.781. The Morgan fingerprint density at radius 1 is 1.16 bits per heavy atom. The monoisotopic (exact) mass is 261 g/mol. The molecule has 0 amide bonds. The van der Waals surface area contributed by atoms with Crippen LogP contribution in [0.25, 0.3) is 0 Å². The molecule has 3 nitrogen and oxygen atoms in total. The van der Waals surface area contributed by atoms with Crippen LogP contribution in [0.4, 0.5) is 0 Å². The van der Waals surface area contributed by atoms with Crippen LogP contribution < -0.4 is 0 Å². The number of hydrogen-bond donors (Lipinski definition) is 1. The Hall–Kier alpha value is -1.35. The Kier molecular flexibility index (Phi) is 4.97. The Morgan fingerprint density at radius 3 is 2.00 bits per heavy atom. The molecule has 1 unspecified atom stereocenters. The third kappa shape index (κ3) is 4.06. The number of rotatable bonds is 2. The summed E-state index contributed by atoms with van der Waals surface area (Å²) >= 11 is 0. The zero-order valence-corrected chi connectivity index (χ0v) is 11.6. The van der Waals surface area contributed by atoms with Crippen LogP contribution in [0, 0.1) is 5.92 Å². The zero-order valence-electron chi connectivity index (χ0n) is 11.6. The van der Waals surface area contributed by atoms with E-state index in [0.717, 1.165) is 11.5 Å². The summed E-state index contributed by atoms with van der Waals surface area (Å²) in [5.41, 5.74) is 0.847. The van der Waals surface area contributed by atoms with E-state index in [4.69, 9.17) is 5.11 Å². The topological polar surface area (TPSA) is 40.5 Å². The van der Waals surface area contributed by atoms with E-state index in [0.29, 0.717) is 0 Å². The van der Waals surface area contributed by atoms with Gasteiger partial charge in [-0.15, -0.1) is 0 Å². The molecule has 3 saturated heterocycles. The molecular weight excluding hydrogens is 238 g/mol. The number of benzene rings is 1. The molecule has 0 saturated carbocycles. The standard InChI is InChI=1S/C9H10O2.C7H13N/c1-7(9(10)11)8-5-3-2-4-6-8;1-4-8-5-2-7(1)3-6-8/h2-7H,1H3,(H,10,11);7H,1-6H2. The van der Waals surface area contributed by atoms with Crippen molar-refractivity contribution in [1.82, 2.24) is 4.90 Å². The SMILES string of the molecule is C1CN2CCC1CC2.CC(C(=O)O)c1ccccc1. The zero-order chi connectivity index (χ0) is 13.7. The van der Waals surface area contributed by atoms with Crippen LogP contribution in [0.2, 0.25) is 0 Å². The number of aliphatic carboxylic acids is 1. The average Bonchev–Trinajstić information content (AvgIpc) is 2.50. The van der Waals surface area contributed by atoms with Gasteiger partial charge >= 0.3 is 5.97 Å². The quantitative estimate of drug-likeness (QED) is 0.889. The molecular formula is C16H23NO2. The molecule has 1 N–H and O–H groups in total. The van der Waals surface area contributed by atoms with Gasteiger partial charge in [0.1, 0.15) is 0 Å². The lowest BCUT2D eigenvalue weighted by Gasteiger charge is -2.38. The summed E-state index contributed by atoms with van der Waals surface area (Å²) in [5, 5.41) is 8.64. The minimum absolute atomic E-state index is 0.406. The number of hydrogen-bond acceptors (Lipinski definition) is 2. The maximum absolute atomic E-state index is 10.5. The van der Waals surface area contributed by atoms with Gasteiger partial charge in [-0.25, -0.2) is 0 Å². The van der Waals surface area contributed by atoms with E-state index < -0.39 is 11.9 Å². The smallest absolute Gasteiger partial charge is 0.310 e. The average molecular weight is 261 g/mol. The second kappa shape index (κ2) is 6.71. The highest BCUT2D eigenvalue weighted by Gasteiger charge is 2.24. The maximum Gasteiger partial charge on any atom is 0.310 e. The van der Waals surface area contributed by atoms with Crippen molar-refractivity contribution in [1.29, 1.82) is 0 Å². The van der Waals surface area contributed by atoms with Crippen molar-refractivity contribution < 1.29 is 9.90 Å². The van der Waals surface area contributed by atoms with Gasteiger partial charge < -0.3 is 10.0 Å². The van der Waals surface area contributed by atoms with Crippen LogP contribution in [-0.2, 0) is 4.79 Å². The van der Waals surface area contributed by atoms with E-state index in [1.807, 2.05) is 30.3 Å². The summed E-state index contributed by atoms with van der Waals surface area (Å²) in [6.45, 7) is 5.86. The summed E-state index contributed by atoms with van der Waals surface area (Å²) in [7, 11) is 0. The molecule has 3 heterocycles. The molecule has 3 aliphatic rings. The fraction of sp³-hybridized carbons (Fsp3) is 0.562. The number of carboxylic acid groups (broad SMARTS) is 1. The summed E-state index contributed by atoms with van der Waals surface area (Å²) in [6.07, 6.45) is 4.46. The molecule has 0 aliphatic carbocycles. The fourth-order valence-electron chi connectivity index (χ4n) is 2.75. The Bertz CT molecular complexity index is 373. The van der Waals surface area contributed by atoms with Crippen molar-refractivity contribution in [2.75, 3.05) is 19.6 Å². The molecule has 104 valence electrons. The predicted octanol–water partition coefficient (Wildman–Crippen LogP) is 2.98. The van der Waals surface area contributed by atoms with E-state index in [1.54, 1.807) is 6.92 Å². The van der Waals surface area contributed by atoms with Gasteiger partial charge in [-0.3, -0.25) is 4.79 Å². The van der Waals surface area contributed by atoms with Crippen molar-refractivity contribution in [3.63, 3.8) is 0 Å². The van der Waals surface area contributed by atoms with E-state index in [1.165, 1.54) is 38.9 Å². The van der Waals surface area contributed by atoms with Gasteiger partial charge in [0.05, 0.1) is 5.92 Å². The molecule has 1 aromatic carbocycles. The van der Waals surface area contributed by atoms with Crippen LogP contribution >= 0.6 is 0 Å². The van der Waals surface area contributed by atoms with Gasteiger partial charge in [-0.1, -0.05) is 30.3 Å². The van der Waals surface area contributed by atoms with Crippen molar-refractivity contribution in [2.24, 2.45) is 5.92 Å². The second-order valence-electron chi connectivity index (χ2n) is 5.54. The first-order chi connectivity index (χ1) is 9.16. The summed E-state index contributed by atoms with van der Waals surface area (Å²) in [4.78, 5) is 13.1. The first kappa shape index (κ1) is 14.1. The highest BCUT2D eigenvalue weighted by Crippen LogP contribution is 2.26. The van der Waals surface area contributed by atoms with Crippen LogP contribution in [0.5, 0.6) is 0 Å². The van der Waals surface area contributed by atoms with E-state index >= 15 is 0 Å². The van der Waals surface area contributed by atoms with Crippen LogP contribution in [0.1, 0.15) is 37.7 Å². The van der Waals surface area contributed by atoms with Gasteiger partial charge in [-0.05, 0) is 57.3 Å².